The van der Waals surface area contributed by atoms with Gasteiger partial charge in [0.25, 0.3) is 11.5 Å². The van der Waals surface area contributed by atoms with Crippen LogP contribution in [0.1, 0.15) is 25.6 Å². The van der Waals surface area contributed by atoms with Gasteiger partial charge in [0.15, 0.2) is 0 Å². The van der Waals surface area contributed by atoms with Gasteiger partial charge < -0.3 is 9.47 Å². The highest BCUT2D eigenvalue weighted by Crippen LogP contribution is 2.06. The maximum Gasteiger partial charge on any atom is 0.280 e. The van der Waals surface area contributed by atoms with E-state index in [4.69, 9.17) is 9.47 Å². The first-order valence-electron chi connectivity index (χ1n) is 8.07. The van der Waals surface area contributed by atoms with Crippen LogP contribution in [0.25, 0.3) is 10.9 Å². The number of hydrogen-bond acceptors (Lipinski definition) is 5. The van der Waals surface area contributed by atoms with Crippen molar-refractivity contribution >= 4 is 16.8 Å². The summed E-state index contributed by atoms with van der Waals surface area (Å²) in [6, 6.07) is 7.01. The molecular weight excluding hydrogens is 310 g/mol. The molecule has 1 amide bonds. The van der Waals surface area contributed by atoms with E-state index in [-0.39, 0.29) is 12.2 Å². The highest BCUT2D eigenvalue weighted by atomic mass is 16.5. The molecule has 0 spiro atoms. The molecule has 0 radical (unpaired) electrons. The van der Waals surface area contributed by atoms with Gasteiger partial charge in [-0.2, -0.15) is 0 Å². The van der Waals surface area contributed by atoms with Gasteiger partial charge >= 0.3 is 0 Å². The first-order chi connectivity index (χ1) is 11.6. The van der Waals surface area contributed by atoms with Crippen molar-refractivity contribution in [2.75, 3.05) is 31.9 Å². The van der Waals surface area contributed by atoms with E-state index in [2.05, 4.69) is 17.3 Å². The van der Waals surface area contributed by atoms with Gasteiger partial charge in [0.2, 0.25) is 0 Å². The fourth-order valence-corrected chi connectivity index (χ4v) is 2.16. The molecule has 0 aliphatic heterocycles. The number of aromatic nitrogens is 2. The Balaban J connectivity index is 1.88. The Labute approximate surface area is 140 Å². The van der Waals surface area contributed by atoms with Gasteiger partial charge in [0.05, 0.1) is 24.1 Å². The van der Waals surface area contributed by atoms with Crippen molar-refractivity contribution in [1.82, 2.24) is 9.66 Å². The van der Waals surface area contributed by atoms with Gasteiger partial charge in [0.1, 0.15) is 12.4 Å². The number of hydrogen-bond donors (Lipinski definition) is 1. The molecule has 1 aromatic carbocycles. The van der Waals surface area contributed by atoms with E-state index in [1.54, 1.807) is 25.1 Å². The lowest BCUT2D eigenvalue weighted by Crippen LogP contribution is -2.37. The second-order valence-corrected chi connectivity index (χ2v) is 5.37. The summed E-state index contributed by atoms with van der Waals surface area (Å²) in [4.78, 5) is 28.6. The van der Waals surface area contributed by atoms with Crippen LogP contribution in [0.3, 0.4) is 0 Å². The number of rotatable bonds is 9. The van der Waals surface area contributed by atoms with Crippen molar-refractivity contribution < 1.29 is 14.3 Å². The van der Waals surface area contributed by atoms with E-state index in [1.165, 1.54) is 0 Å². The number of carbonyl (C=O) groups excluding carboxylic acids is 1. The summed E-state index contributed by atoms with van der Waals surface area (Å²) >= 11 is 0. The third kappa shape index (κ3) is 4.87. The third-order valence-electron chi connectivity index (χ3n) is 3.43. The van der Waals surface area contributed by atoms with E-state index >= 15 is 0 Å². The standard InChI is InChI=1S/C17H23N3O4/c1-3-4-9-23-10-11-24-12-16(21)19-20-13(2)18-15-8-6-5-7-14(15)17(20)22/h5-8H,3-4,9-12H2,1-2H3,(H,19,21). The fraction of sp³-hybridized carbons (Fsp3) is 0.471. The Kier molecular flexibility index (Phi) is 6.89. The highest BCUT2D eigenvalue weighted by Gasteiger charge is 2.10. The number of para-hydroxylation sites is 1. The van der Waals surface area contributed by atoms with Crippen molar-refractivity contribution in [2.45, 2.75) is 26.7 Å². The van der Waals surface area contributed by atoms with Crippen molar-refractivity contribution in [3.8, 4) is 0 Å². The summed E-state index contributed by atoms with van der Waals surface area (Å²) in [5.41, 5.74) is 2.81. The van der Waals surface area contributed by atoms with E-state index in [1.807, 2.05) is 6.07 Å². The number of aryl methyl sites for hydroxylation is 1. The molecule has 0 atom stereocenters. The number of amides is 1. The molecule has 0 aliphatic rings. The Hall–Kier alpha value is -2.25. The maximum atomic E-state index is 12.4. The lowest BCUT2D eigenvalue weighted by Gasteiger charge is -2.12. The van der Waals surface area contributed by atoms with Crippen LogP contribution in [-0.2, 0) is 14.3 Å². The second kappa shape index (κ2) is 9.14. The topological polar surface area (TPSA) is 82.4 Å². The maximum absolute atomic E-state index is 12.4. The van der Waals surface area contributed by atoms with E-state index in [0.29, 0.717) is 36.5 Å². The number of unbranched alkanes of at least 4 members (excludes halogenated alkanes) is 1. The molecule has 2 rings (SSSR count). The molecule has 1 N–H and O–H groups in total. The van der Waals surface area contributed by atoms with Crippen LogP contribution in [0.5, 0.6) is 0 Å². The van der Waals surface area contributed by atoms with Gasteiger partial charge in [-0.3, -0.25) is 15.0 Å². The molecule has 24 heavy (non-hydrogen) atoms. The predicted octanol–water partition coefficient (Wildman–Crippen LogP) is 1.61. The van der Waals surface area contributed by atoms with Crippen LogP contribution in [-0.4, -0.2) is 42.0 Å². The molecule has 7 heteroatoms. The average molecular weight is 333 g/mol. The Morgan fingerprint density at radius 3 is 2.75 bits per heavy atom. The van der Waals surface area contributed by atoms with Crippen molar-refractivity contribution in [1.29, 1.82) is 0 Å². The molecule has 2 aromatic rings. The van der Waals surface area contributed by atoms with Crippen molar-refractivity contribution in [2.24, 2.45) is 0 Å². The van der Waals surface area contributed by atoms with Crippen LogP contribution >= 0.6 is 0 Å². The van der Waals surface area contributed by atoms with Crippen LogP contribution in [0, 0.1) is 6.92 Å². The number of benzene rings is 1. The van der Waals surface area contributed by atoms with Gasteiger partial charge in [0, 0.05) is 6.61 Å². The van der Waals surface area contributed by atoms with E-state index < -0.39 is 5.91 Å². The normalized spacial score (nSPS) is 10.9. The summed E-state index contributed by atoms with van der Waals surface area (Å²) < 4.78 is 11.7. The van der Waals surface area contributed by atoms with Crippen LogP contribution in [0.15, 0.2) is 29.1 Å². The van der Waals surface area contributed by atoms with E-state index in [0.717, 1.165) is 17.5 Å². The molecule has 0 bridgehead atoms. The van der Waals surface area contributed by atoms with Gasteiger partial charge in [-0.1, -0.05) is 25.5 Å². The third-order valence-corrected chi connectivity index (χ3v) is 3.43. The summed E-state index contributed by atoms with van der Waals surface area (Å²) in [5.74, 6) is 0.000730. The zero-order valence-corrected chi connectivity index (χ0v) is 14.1. The summed E-state index contributed by atoms with van der Waals surface area (Å²) in [6.07, 6.45) is 2.09. The zero-order chi connectivity index (χ0) is 17.4. The lowest BCUT2D eigenvalue weighted by molar-refractivity contribution is -0.122. The first-order valence-corrected chi connectivity index (χ1v) is 8.07. The average Bonchev–Trinajstić information content (AvgIpc) is 2.58. The quantitative estimate of drug-likeness (QED) is 0.705. The molecule has 1 aromatic heterocycles. The summed E-state index contributed by atoms with van der Waals surface area (Å²) in [7, 11) is 0. The minimum Gasteiger partial charge on any atom is -0.379 e. The van der Waals surface area contributed by atoms with Crippen LogP contribution in [0.4, 0.5) is 0 Å². The molecule has 1 heterocycles. The fourth-order valence-electron chi connectivity index (χ4n) is 2.16. The predicted molar refractivity (Wildman–Crippen MR) is 91.7 cm³/mol. The molecular formula is C17H23N3O4. The molecule has 0 aliphatic carbocycles. The SMILES string of the molecule is CCCCOCCOCC(=O)Nn1c(C)nc2ccccc2c1=O. The Bertz CT molecular complexity index is 742. The number of nitrogens with zero attached hydrogens (tertiary/aromatic N) is 2. The molecule has 130 valence electrons. The minimum absolute atomic E-state index is 0.143. The minimum atomic E-state index is -0.411. The molecule has 0 unspecified atom stereocenters. The molecule has 7 nitrogen and oxygen atoms in total. The van der Waals surface area contributed by atoms with Gasteiger partial charge in [-0.25, -0.2) is 9.66 Å². The smallest absolute Gasteiger partial charge is 0.280 e. The van der Waals surface area contributed by atoms with E-state index in [9.17, 15) is 9.59 Å². The van der Waals surface area contributed by atoms with Crippen molar-refractivity contribution in [3.63, 3.8) is 0 Å². The summed E-state index contributed by atoms with van der Waals surface area (Å²) in [6.45, 7) is 5.09. The van der Waals surface area contributed by atoms with Gasteiger partial charge in [-0.15, -0.1) is 0 Å². The van der Waals surface area contributed by atoms with Crippen LogP contribution < -0.4 is 11.0 Å². The largest absolute Gasteiger partial charge is 0.379 e. The monoisotopic (exact) mass is 333 g/mol. The first kappa shape index (κ1) is 18.1. The number of carbonyl (C=O) groups is 1. The number of fused-ring (bicyclic) bond motifs is 1. The molecule has 0 saturated carbocycles. The van der Waals surface area contributed by atoms with Gasteiger partial charge in [-0.05, 0) is 25.5 Å². The highest BCUT2D eigenvalue weighted by molar-refractivity contribution is 5.85. The molecule has 0 fully saturated rings. The number of ether oxygens (including phenoxy) is 2. The number of nitrogens with one attached hydrogen (secondary N) is 1. The summed E-state index contributed by atoms with van der Waals surface area (Å²) in [5, 5.41) is 0.452. The zero-order valence-electron chi connectivity index (χ0n) is 14.1. The van der Waals surface area contributed by atoms with Crippen LogP contribution in [0.2, 0.25) is 0 Å². The Morgan fingerprint density at radius 2 is 1.96 bits per heavy atom. The second-order valence-electron chi connectivity index (χ2n) is 5.37. The molecule has 0 saturated heterocycles. The lowest BCUT2D eigenvalue weighted by atomic mass is 10.2. The Morgan fingerprint density at radius 1 is 1.21 bits per heavy atom. The van der Waals surface area contributed by atoms with Crippen molar-refractivity contribution in [3.05, 3.63) is 40.4 Å².